The van der Waals surface area contributed by atoms with Crippen LogP contribution in [0, 0.1) is 10.1 Å². The van der Waals surface area contributed by atoms with Gasteiger partial charge in [-0.25, -0.2) is 4.98 Å². The first-order chi connectivity index (χ1) is 9.47. The third-order valence-electron chi connectivity index (χ3n) is 3.08. The number of hydrogen-bond donors (Lipinski definition) is 2. The van der Waals surface area contributed by atoms with Crippen LogP contribution in [0.25, 0.3) is 0 Å². The summed E-state index contributed by atoms with van der Waals surface area (Å²) in [5.74, 6) is 0.560. The van der Waals surface area contributed by atoms with Gasteiger partial charge in [0.1, 0.15) is 12.0 Å². The highest BCUT2D eigenvalue weighted by Gasteiger charge is 2.22. The van der Waals surface area contributed by atoms with Gasteiger partial charge in [0.25, 0.3) is 11.6 Å². The van der Waals surface area contributed by atoms with E-state index in [9.17, 15) is 19.1 Å². The third kappa shape index (κ3) is 3.29. The quantitative estimate of drug-likeness (QED) is 0.606. The van der Waals surface area contributed by atoms with Crippen LogP contribution in [-0.2, 0) is 10.8 Å². The number of carbonyl (C=O) groups excluding carboxylic acids is 1. The van der Waals surface area contributed by atoms with Crippen molar-refractivity contribution in [2.45, 2.75) is 18.9 Å². The van der Waals surface area contributed by atoms with Crippen LogP contribution in [0.5, 0.6) is 0 Å². The Kier molecular flexibility index (Phi) is 4.28. The summed E-state index contributed by atoms with van der Waals surface area (Å²) in [6.45, 7) is 0. The summed E-state index contributed by atoms with van der Waals surface area (Å²) < 4.78 is 11.2. The number of nitro groups is 1. The summed E-state index contributed by atoms with van der Waals surface area (Å²) in [6.07, 6.45) is 2.26. The van der Waals surface area contributed by atoms with E-state index in [4.69, 9.17) is 5.73 Å². The number of nitrogen functional groups attached to an aromatic ring is 1. The van der Waals surface area contributed by atoms with Crippen molar-refractivity contribution in [3.8, 4) is 0 Å². The Balaban J connectivity index is 2.10. The molecule has 1 aliphatic heterocycles. The molecule has 2 heterocycles. The molecule has 1 amide bonds. The van der Waals surface area contributed by atoms with E-state index < -0.39 is 21.6 Å². The van der Waals surface area contributed by atoms with Crippen molar-refractivity contribution >= 4 is 28.2 Å². The average Bonchev–Trinajstić information content (AvgIpc) is 2.41. The second-order valence-corrected chi connectivity index (χ2v) is 6.18. The molecule has 0 radical (unpaired) electrons. The molecule has 2 rings (SSSR count). The number of nitrogens with one attached hydrogen (secondary N) is 1. The molecule has 0 aliphatic carbocycles. The molecule has 8 nitrogen and oxygen atoms in total. The highest BCUT2D eigenvalue weighted by atomic mass is 32.2. The van der Waals surface area contributed by atoms with Crippen LogP contribution in [0.3, 0.4) is 0 Å². The van der Waals surface area contributed by atoms with Gasteiger partial charge in [0.05, 0.1) is 10.5 Å². The number of nitrogens with two attached hydrogens (primary N) is 1. The molecule has 3 N–H and O–H groups in total. The minimum Gasteiger partial charge on any atom is -0.383 e. The van der Waals surface area contributed by atoms with E-state index in [0.29, 0.717) is 24.3 Å². The lowest BCUT2D eigenvalue weighted by Gasteiger charge is -2.22. The first-order valence-electron chi connectivity index (χ1n) is 6.03. The van der Waals surface area contributed by atoms with E-state index in [-0.39, 0.29) is 23.1 Å². The van der Waals surface area contributed by atoms with Crippen molar-refractivity contribution in [1.29, 1.82) is 0 Å². The van der Waals surface area contributed by atoms with Crippen LogP contribution >= 0.6 is 0 Å². The number of nitrogens with zero attached hydrogens (tertiary/aromatic N) is 2. The minimum absolute atomic E-state index is 0.00843. The maximum atomic E-state index is 12.1. The van der Waals surface area contributed by atoms with E-state index in [2.05, 4.69) is 10.3 Å². The maximum Gasteiger partial charge on any atom is 0.288 e. The smallest absolute Gasteiger partial charge is 0.288 e. The number of pyridine rings is 1. The second kappa shape index (κ2) is 5.95. The molecule has 20 heavy (non-hydrogen) atoms. The summed E-state index contributed by atoms with van der Waals surface area (Å²) in [5.41, 5.74) is 5.28. The number of carbonyl (C=O) groups is 1. The van der Waals surface area contributed by atoms with Gasteiger partial charge in [0.15, 0.2) is 0 Å². The van der Waals surface area contributed by atoms with Gasteiger partial charge in [-0.1, -0.05) is 0 Å². The van der Waals surface area contributed by atoms with E-state index in [1.807, 2.05) is 0 Å². The number of aromatic nitrogens is 1. The van der Waals surface area contributed by atoms with Crippen molar-refractivity contribution in [2.75, 3.05) is 17.2 Å². The lowest BCUT2D eigenvalue weighted by Crippen LogP contribution is -2.39. The van der Waals surface area contributed by atoms with Gasteiger partial charge in [-0.15, -0.1) is 0 Å². The zero-order chi connectivity index (χ0) is 14.7. The molecule has 0 aromatic carbocycles. The van der Waals surface area contributed by atoms with Crippen LogP contribution in [0.1, 0.15) is 23.2 Å². The SMILES string of the molecule is Nc1ncc([N+](=O)[O-])cc1C(=O)NC1CCS(=O)CC1. The molecule has 108 valence electrons. The average molecular weight is 298 g/mol. The van der Waals surface area contributed by atoms with Gasteiger partial charge in [0.2, 0.25) is 0 Å². The third-order valence-corrected chi connectivity index (χ3v) is 4.46. The van der Waals surface area contributed by atoms with E-state index in [1.165, 1.54) is 0 Å². The Morgan fingerprint density at radius 1 is 1.50 bits per heavy atom. The largest absolute Gasteiger partial charge is 0.383 e. The number of anilines is 1. The molecule has 0 unspecified atom stereocenters. The second-order valence-electron chi connectivity index (χ2n) is 4.48. The monoisotopic (exact) mass is 298 g/mol. The van der Waals surface area contributed by atoms with Crippen molar-refractivity contribution in [1.82, 2.24) is 10.3 Å². The maximum absolute atomic E-state index is 12.1. The Hall–Kier alpha value is -2.03. The first kappa shape index (κ1) is 14.4. The molecule has 1 fully saturated rings. The van der Waals surface area contributed by atoms with Crippen molar-refractivity contribution in [3.63, 3.8) is 0 Å². The summed E-state index contributed by atoms with van der Waals surface area (Å²) in [4.78, 5) is 25.8. The van der Waals surface area contributed by atoms with Crippen molar-refractivity contribution in [2.24, 2.45) is 0 Å². The highest BCUT2D eigenvalue weighted by molar-refractivity contribution is 7.85. The normalized spacial score (nSPS) is 22.2. The van der Waals surface area contributed by atoms with Crippen LogP contribution in [0.15, 0.2) is 12.3 Å². The first-order valence-corrected chi connectivity index (χ1v) is 7.52. The number of rotatable bonds is 3. The Morgan fingerprint density at radius 2 is 2.15 bits per heavy atom. The molecular weight excluding hydrogens is 284 g/mol. The molecule has 0 atom stereocenters. The zero-order valence-corrected chi connectivity index (χ0v) is 11.4. The van der Waals surface area contributed by atoms with Gasteiger partial charge in [-0.2, -0.15) is 0 Å². The fourth-order valence-corrected chi connectivity index (χ4v) is 3.25. The van der Waals surface area contributed by atoms with Crippen LogP contribution < -0.4 is 11.1 Å². The zero-order valence-electron chi connectivity index (χ0n) is 10.6. The Morgan fingerprint density at radius 3 is 2.75 bits per heavy atom. The Labute approximate surface area is 117 Å². The van der Waals surface area contributed by atoms with Gasteiger partial charge in [0, 0.05) is 34.4 Å². The van der Waals surface area contributed by atoms with Crippen molar-refractivity contribution in [3.05, 3.63) is 27.9 Å². The van der Waals surface area contributed by atoms with E-state index in [1.54, 1.807) is 0 Å². The molecule has 0 saturated carbocycles. The summed E-state index contributed by atoms with van der Waals surface area (Å²) >= 11 is 0. The fraction of sp³-hybridized carbons (Fsp3) is 0.455. The molecule has 0 spiro atoms. The highest BCUT2D eigenvalue weighted by Crippen LogP contribution is 2.17. The van der Waals surface area contributed by atoms with Gasteiger partial charge >= 0.3 is 0 Å². The predicted molar refractivity (Wildman–Crippen MR) is 73.7 cm³/mol. The minimum atomic E-state index is -0.812. The molecule has 1 aromatic rings. The number of hydrogen-bond acceptors (Lipinski definition) is 6. The lowest BCUT2D eigenvalue weighted by molar-refractivity contribution is -0.385. The van der Waals surface area contributed by atoms with Crippen molar-refractivity contribution < 1.29 is 13.9 Å². The van der Waals surface area contributed by atoms with Crippen LogP contribution in [0.4, 0.5) is 11.5 Å². The van der Waals surface area contributed by atoms with Crippen LogP contribution in [-0.4, -0.2) is 37.6 Å². The van der Waals surface area contributed by atoms with Gasteiger partial charge in [-0.3, -0.25) is 19.1 Å². The lowest BCUT2D eigenvalue weighted by atomic mass is 10.1. The van der Waals surface area contributed by atoms with E-state index >= 15 is 0 Å². The molecular formula is C11H14N4O4S. The van der Waals surface area contributed by atoms with Gasteiger partial charge < -0.3 is 11.1 Å². The standard InChI is InChI=1S/C11H14N4O4S/c12-10-9(5-8(6-13-10)15(17)18)11(16)14-7-1-3-20(19)4-2-7/h5-7H,1-4H2,(H2,12,13)(H,14,16). The summed E-state index contributed by atoms with van der Waals surface area (Å²) in [5, 5.41) is 13.4. The summed E-state index contributed by atoms with van der Waals surface area (Å²) in [7, 11) is -0.812. The molecule has 1 saturated heterocycles. The topological polar surface area (TPSA) is 128 Å². The fourth-order valence-electron chi connectivity index (χ4n) is 1.95. The number of amides is 1. The molecule has 1 aromatic heterocycles. The predicted octanol–water partition coefficient (Wildman–Crippen LogP) is 0.213. The van der Waals surface area contributed by atoms with E-state index in [0.717, 1.165) is 12.3 Å². The summed E-state index contributed by atoms with van der Waals surface area (Å²) in [6, 6.07) is 1.03. The molecule has 1 aliphatic rings. The molecule has 0 bridgehead atoms. The Bertz CT molecular complexity index is 568. The van der Waals surface area contributed by atoms with Gasteiger partial charge in [-0.05, 0) is 12.8 Å². The van der Waals surface area contributed by atoms with Crippen LogP contribution in [0.2, 0.25) is 0 Å². The molecule has 9 heteroatoms.